The normalized spacial score (nSPS) is 10.9. The molecule has 2 aromatic heterocycles. The van der Waals surface area contributed by atoms with Crippen molar-refractivity contribution in [1.82, 2.24) is 15.0 Å². The SMILES string of the molecule is Cc1[nH]c2ccccc2c1CCNc1ncncc1Cl. The number of rotatable bonds is 4. The Morgan fingerprint density at radius 1 is 1.30 bits per heavy atom. The molecule has 4 nitrogen and oxygen atoms in total. The topological polar surface area (TPSA) is 53.6 Å². The molecule has 3 aromatic rings. The first-order valence-electron chi connectivity index (χ1n) is 6.51. The van der Waals surface area contributed by atoms with Crippen LogP contribution in [0, 0.1) is 6.92 Å². The molecule has 2 N–H and O–H groups in total. The molecule has 0 fully saturated rings. The van der Waals surface area contributed by atoms with E-state index in [0.29, 0.717) is 10.8 Å². The molecule has 0 unspecified atom stereocenters. The zero-order valence-corrected chi connectivity index (χ0v) is 11.9. The molecular formula is C15H15ClN4. The minimum Gasteiger partial charge on any atom is -0.368 e. The molecule has 2 heterocycles. The Labute approximate surface area is 122 Å². The predicted octanol–water partition coefficient (Wildman–Crippen LogP) is 3.57. The number of hydrogen-bond donors (Lipinski definition) is 2. The van der Waals surface area contributed by atoms with Gasteiger partial charge in [-0.2, -0.15) is 0 Å². The van der Waals surface area contributed by atoms with Gasteiger partial charge in [0.15, 0.2) is 0 Å². The number of benzene rings is 1. The summed E-state index contributed by atoms with van der Waals surface area (Å²) in [5, 5.41) is 5.07. The zero-order valence-electron chi connectivity index (χ0n) is 11.2. The Balaban J connectivity index is 1.74. The fourth-order valence-electron chi connectivity index (χ4n) is 2.41. The van der Waals surface area contributed by atoms with Gasteiger partial charge >= 0.3 is 0 Å². The first-order valence-corrected chi connectivity index (χ1v) is 6.89. The minimum absolute atomic E-state index is 0.545. The van der Waals surface area contributed by atoms with Gasteiger partial charge in [-0.3, -0.25) is 0 Å². The van der Waals surface area contributed by atoms with Crippen molar-refractivity contribution in [2.24, 2.45) is 0 Å². The average molecular weight is 287 g/mol. The smallest absolute Gasteiger partial charge is 0.148 e. The number of H-pyrrole nitrogens is 1. The van der Waals surface area contributed by atoms with Crippen molar-refractivity contribution in [2.75, 3.05) is 11.9 Å². The van der Waals surface area contributed by atoms with Gasteiger partial charge in [0.05, 0.1) is 6.20 Å². The molecule has 3 rings (SSSR count). The van der Waals surface area contributed by atoms with Crippen LogP contribution in [0.1, 0.15) is 11.3 Å². The molecule has 0 aliphatic rings. The van der Waals surface area contributed by atoms with E-state index in [1.165, 1.54) is 28.5 Å². The van der Waals surface area contributed by atoms with Gasteiger partial charge in [0, 0.05) is 23.1 Å². The van der Waals surface area contributed by atoms with E-state index >= 15 is 0 Å². The lowest BCUT2D eigenvalue weighted by molar-refractivity contribution is 0.992. The van der Waals surface area contributed by atoms with Gasteiger partial charge in [0.2, 0.25) is 0 Å². The van der Waals surface area contributed by atoms with Gasteiger partial charge < -0.3 is 10.3 Å². The summed E-state index contributed by atoms with van der Waals surface area (Å²) in [6.07, 6.45) is 4.00. The van der Waals surface area contributed by atoms with Crippen molar-refractivity contribution in [3.8, 4) is 0 Å². The third kappa shape index (κ3) is 2.47. The van der Waals surface area contributed by atoms with Gasteiger partial charge in [-0.25, -0.2) is 9.97 Å². The van der Waals surface area contributed by atoms with E-state index in [0.717, 1.165) is 13.0 Å². The number of fused-ring (bicyclic) bond motifs is 1. The third-order valence-electron chi connectivity index (χ3n) is 3.36. The molecule has 0 atom stereocenters. The molecule has 5 heteroatoms. The van der Waals surface area contributed by atoms with Crippen molar-refractivity contribution in [1.29, 1.82) is 0 Å². The first-order chi connectivity index (χ1) is 9.75. The highest BCUT2D eigenvalue weighted by molar-refractivity contribution is 6.32. The molecule has 0 saturated carbocycles. The summed E-state index contributed by atoms with van der Waals surface area (Å²) in [4.78, 5) is 11.4. The Bertz CT molecular complexity index is 736. The van der Waals surface area contributed by atoms with Crippen molar-refractivity contribution >= 4 is 28.3 Å². The summed E-state index contributed by atoms with van der Waals surface area (Å²) >= 11 is 6.02. The highest BCUT2D eigenvalue weighted by Crippen LogP contribution is 2.22. The van der Waals surface area contributed by atoms with Gasteiger partial charge in [0.1, 0.15) is 17.2 Å². The number of para-hydroxylation sites is 1. The van der Waals surface area contributed by atoms with E-state index in [4.69, 9.17) is 11.6 Å². The van der Waals surface area contributed by atoms with Crippen LogP contribution in [0.5, 0.6) is 0 Å². The van der Waals surface area contributed by atoms with Gasteiger partial charge in [-0.05, 0) is 25.0 Å². The summed E-state index contributed by atoms with van der Waals surface area (Å²) in [5.74, 6) is 0.680. The largest absolute Gasteiger partial charge is 0.368 e. The highest BCUT2D eigenvalue weighted by Gasteiger charge is 2.08. The number of aromatic nitrogens is 3. The van der Waals surface area contributed by atoms with Gasteiger partial charge in [-0.15, -0.1) is 0 Å². The molecule has 0 bridgehead atoms. The van der Waals surface area contributed by atoms with Crippen LogP contribution in [0.3, 0.4) is 0 Å². The molecule has 0 radical (unpaired) electrons. The molecule has 0 aliphatic heterocycles. The monoisotopic (exact) mass is 286 g/mol. The molecule has 0 aliphatic carbocycles. The summed E-state index contributed by atoms with van der Waals surface area (Å²) in [7, 11) is 0. The molecular weight excluding hydrogens is 272 g/mol. The molecule has 0 spiro atoms. The van der Waals surface area contributed by atoms with E-state index in [2.05, 4.69) is 45.4 Å². The highest BCUT2D eigenvalue weighted by atomic mass is 35.5. The fourth-order valence-corrected chi connectivity index (χ4v) is 2.58. The Morgan fingerprint density at radius 3 is 3.00 bits per heavy atom. The minimum atomic E-state index is 0.545. The van der Waals surface area contributed by atoms with Crippen LogP contribution >= 0.6 is 11.6 Å². The second kappa shape index (κ2) is 5.51. The Hall–Kier alpha value is -2.07. The Kier molecular flexibility index (Phi) is 3.56. The van der Waals surface area contributed by atoms with E-state index in [-0.39, 0.29) is 0 Å². The lowest BCUT2D eigenvalue weighted by Gasteiger charge is -2.06. The number of anilines is 1. The number of nitrogens with zero attached hydrogens (tertiary/aromatic N) is 2. The second-order valence-electron chi connectivity index (χ2n) is 4.67. The summed E-state index contributed by atoms with van der Waals surface area (Å²) in [6.45, 7) is 2.88. The lowest BCUT2D eigenvalue weighted by Crippen LogP contribution is -2.07. The van der Waals surface area contributed by atoms with E-state index < -0.39 is 0 Å². The van der Waals surface area contributed by atoms with Crippen molar-refractivity contribution in [3.05, 3.63) is 53.1 Å². The number of aryl methyl sites for hydroxylation is 1. The fraction of sp³-hybridized carbons (Fsp3) is 0.200. The van der Waals surface area contributed by atoms with Crippen LogP contribution in [-0.4, -0.2) is 21.5 Å². The first kappa shape index (κ1) is 12.9. The van der Waals surface area contributed by atoms with Crippen molar-refractivity contribution in [2.45, 2.75) is 13.3 Å². The maximum Gasteiger partial charge on any atom is 0.148 e. The van der Waals surface area contributed by atoms with Gasteiger partial charge in [-0.1, -0.05) is 29.8 Å². The van der Waals surface area contributed by atoms with Crippen LogP contribution in [0.15, 0.2) is 36.8 Å². The van der Waals surface area contributed by atoms with E-state index in [1.807, 2.05) is 6.07 Å². The lowest BCUT2D eigenvalue weighted by atomic mass is 10.1. The van der Waals surface area contributed by atoms with Crippen molar-refractivity contribution in [3.63, 3.8) is 0 Å². The van der Waals surface area contributed by atoms with Crippen LogP contribution < -0.4 is 5.32 Å². The van der Waals surface area contributed by atoms with Gasteiger partial charge in [0.25, 0.3) is 0 Å². The zero-order chi connectivity index (χ0) is 13.9. The second-order valence-corrected chi connectivity index (χ2v) is 5.08. The molecule has 1 aromatic carbocycles. The maximum absolute atomic E-state index is 6.02. The average Bonchev–Trinajstić information content (AvgIpc) is 2.77. The molecule has 102 valence electrons. The van der Waals surface area contributed by atoms with Crippen LogP contribution in [0.2, 0.25) is 5.02 Å². The maximum atomic E-state index is 6.02. The molecule has 20 heavy (non-hydrogen) atoms. The quantitative estimate of drug-likeness (QED) is 0.771. The summed E-state index contributed by atoms with van der Waals surface area (Å²) < 4.78 is 0. The summed E-state index contributed by atoms with van der Waals surface area (Å²) in [5.41, 5.74) is 3.72. The van der Waals surface area contributed by atoms with Crippen molar-refractivity contribution < 1.29 is 0 Å². The van der Waals surface area contributed by atoms with E-state index in [9.17, 15) is 0 Å². The molecule has 0 amide bonds. The number of halogens is 1. The summed E-state index contributed by atoms with van der Waals surface area (Å²) in [6, 6.07) is 8.35. The number of aromatic amines is 1. The third-order valence-corrected chi connectivity index (χ3v) is 3.64. The predicted molar refractivity (Wildman–Crippen MR) is 82.3 cm³/mol. The van der Waals surface area contributed by atoms with Crippen LogP contribution in [0.4, 0.5) is 5.82 Å². The van der Waals surface area contributed by atoms with Crippen LogP contribution in [0.25, 0.3) is 10.9 Å². The standard InChI is InChI=1S/C15H15ClN4/c1-10-11(12-4-2-3-5-14(12)20-10)6-7-18-15-13(16)8-17-9-19-15/h2-5,8-9,20H,6-7H2,1H3,(H,17,18,19). The van der Waals surface area contributed by atoms with E-state index in [1.54, 1.807) is 6.20 Å². The Morgan fingerprint density at radius 2 is 2.15 bits per heavy atom. The van der Waals surface area contributed by atoms with Crippen LogP contribution in [-0.2, 0) is 6.42 Å². The number of hydrogen-bond acceptors (Lipinski definition) is 3. The number of nitrogens with one attached hydrogen (secondary N) is 2. The molecule has 0 saturated heterocycles.